The number of nitrogens with zero attached hydrogens (tertiary/aromatic N) is 2. The highest BCUT2D eigenvalue weighted by molar-refractivity contribution is 6.15. The van der Waals surface area contributed by atoms with Gasteiger partial charge in [0, 0.05) is 50.9 Å². The summed E-state index contributed by atoms with van der Waals surface area (Å²) in [7, 11) is 3.97. The first-order valence-electron chi connectivity index (χ1n) is 10.9. The fourth-order valence-corrected chi connectivity index (χ4v) is 4.06. The summed E-state index contributed by atoms with van der Waals surface area (Å²) in [4.78, 5) is 29.7. The van der Waals surface area contributed by atoms with Crippen LogP contribution >= 0.6 is 0 Å². The van der Waals surface area contributed by atoms with Crippen LogP contribution in [0.15, 0.2) is 59.0 Å². The Morgan fingerprint density at radius 1 is 0.938 bits per heavy atom. The second kappa shape index (κ2) is 9.30. The first kappa shape index (κ1) is 21.7. The van der Waals surface area contributed by atoms with Crippen molar-refractivity contribution in [2.45, 2.75) is 26.2 Å². The monoisotopic (exact) mass is 432 g/mol. The van der Waals surface area contributed by atoms with Gasteiger partial charge in [0.15, 0.2) is 5.76 Å². The fourth-order valence-electron chi connectivity index (χ4n) is 4.06. The molecule has 0 atom stereocenters. The van der Waals surface area contributed by atoms with Crippen LogP contribution in [0.4, 0.5) is 11.4 Å². The van der Waals surface area contributed by atoms with Gasteiger partial charge in [-0.25, -0.2) is 0 Å². The molecule has 1 saturated heterocycles. The standard InChI is InChI=1S/C26H28N2O4/c1-18(29)31-26-22(24(30)19-10-6-4-7-11-19)23(28-16-8-5-9-17-28)25(32-26)20-12-14-21(15-13-20)27(2)3/h4,6-7,10-15H,5,8-9,16-17H2,1-3H3. The molecule has 6 nitrogen and oxygen atoms in total. The smallest absolute Gasteiger partial charge is 0.310 e. The lowest BCUT2D eigenvalue weighted by Crippen LogP contribution is -2.30. The van der Waals surface area contributed by atoms with Gasteiger partial charge in [-0.05, 0) is 43.5 Å². The highest BCUT2D eigenvalue weighted by atomic mass is 16.6. The molecular formula is C26H28N2O4. The molecular weight excluding hydrogens is 404 g/mol. The van der Waals surface area contributed by atoms with Crippen molar-refractivity contribution in [2.75, 3.05) is 37.0 Å². The molecule has 166 valence electrons. The van der Waals surface area contributed by atoms with Crippen molar-refractivity contribution in [1.82, 2.24) is 0 Å². The number of benzene rings is 2. The molecule has 1 aromatic heterocycles. The van der Waals surface area contributed by atoms with Crippen molar-refractivity contribution < 1.29 is 18.7 Å². The number of carbonyl (C=O) groups is 2. The van der Waals surface area contributed by atoms with Gasteiger partial charge in [-0.2, -0.15) is 0 Å². The number of hydrogen-bond acceptors (Lipinski definition) is 6. The zero-order valence-electron chi connectivity index (χ0n) is 18.8. The third-order valence-electron chi connectivity index (χ3n) is 5.67. The highest BCUT2D eigenvalue weighted by Gasteiger charge is 2.33. The third kappa shape index (κ3) is 4.40. The van der Waals surface area contributed by atoms with Crippen molar-refractivity contribution in [3.8, 4) is 17.3 Å². The van der Waals surface area contributed by atoms with E-state index in [-0.39, 0.29) is 11.7 Å². The predicted molar refractivity (Wildman–Crippen MR) is 126 cm³/mol. The Labute approximate surface area is 188 Å². The minimum atomic E-state index is -0.527. The lowest BCUT2D eigenvalue weighted by Gasteiger charge is -2.29. The van der Waals surface area contributed by atoms with Crippen LogP contribution in [0.25, 0.3) is 11.3 Å². The summed E-state index contributed by atoms with van der Waals surface area (Å²) in [6.45, 7) is 2.94. The lowest BCUT2D eigenvalue weighted by atomic mass is 9.99. The van der Waals surface area contributed by atoms with Crippen LogP contribution < -0.4 is 14.5 Å². The van der Waals surface area contributed by atoms with Crippen molar-refractivity contribution in [2.24, 2.45) is 0 Å². The Kier molecular flexibility index (Phi) is 6.30. The summed E-state index contributed by atoms with van der Waals surface area (Å²) in [5, 5.41) is 0. The Bertz CT molecular complexity index is 1090. The number of esters is 1. The quantitative estimate of drug-likeness (QED) is 0.396. The number of ether oxygens (including phenoxy) is 1. The zero-order valence-corrected chi connectivity index (χ0v) is 18.8. The van der Waals surface area contributed by atoms with Crippen LogP contribution in [0.1, 0.15) is 42.1 Å². The van der Waals surface area contributed by atoms with E-state index < -0.39 is 5.97 Å². The van der Waals surface area contributed by atoms with E-state index in [0.717, 1.165) is 43.6 Å². The van der Waals surface area contributed by atoms with Gasteiger partial charge in [0.05, 0.1) is 5.69 Å². The molecule has 0 amide bonds. The SMILES string of the molecule is CC(=O)Oc1oc(-c2ccc(N(C)C)cc2)c(N2CCCCC2)c1C(=O)c1ccccc1. The van der Waals surface area contributed by atoms with Crippen molar-refractivity contribution in [3.63, 3.8) is 0 Å². The molecule has 1 fully saturated rings. The maximum Gasteiger partial charge on any atom is 0.310 e. The average Bonchev–Trinajstić information content (AvgIpc) is 3.18. The maximum atomic E-state index is 13.6. The van der Waals surface area contributed by atoms with Crippen LogP contribution in [0.3, 0.4) is 0 Å². The zero-order chi connectivity index (χ0) is 22.7. The minimum absolute atomic E-state index is 0.0430. The summed E-state index contributed by atoms with van der Waals surface area (Å²) >= 11 is 0. The van der Waals surface area contributed by atoms with E-state index in [0.29, 0.717) is 22.6 Å². The summed E-state index contributed by atoms with van der Waals surface area (Å²) in [6, 6.07) is 17.0. The molecule has 2 aromatic carbocycles. The number of rotatable bonds is 6. The normalized spacial score (nSPS) is 13.7. The summed E-state index contributed by atoms with van der Waals surface area (Å²) in [5.41, 5.74) is 3.42. The van der Waals surface area contributed by atoms with Crippen LogP contribution in [0.2, 0.25) is 0 Å². The lowest BCUT2D eigenvalue weighted by molar-refractivity contribution is -0.133. The van der Waals surface area contributed by atoms with E-state index in [2.05, 4.69) is 4.90 Å². The Morgan fingerprint density at radius 2 is 1.59 bits per heavy atom. The molecule has 0 spiro atoms. The maximum absolute atomic E-state index is 13.6. The first-order chi connectivity index (χ1) is 15.5. The molecule has 0 bridgehead atoms. The molecule has 1 aliphatic rings. The second-order valence-corrected chi connectivity index (χ2v) is 8.22. The molecule has 6 heteroatoms. The van der Waals surface area contributed by atoms with E-state index in [4.69, 9.17) is 9.15 Å². The van der Waals surface area contributed by atoms with Crippen LogP contribution in [0, 0.1) is 0 Å². The second-order valence-electron chi connectivity index (χ2n) is 8.22. The van der Waals surface area contributed by atoms with Gasteiger partial charge < -0.3 is 19.0 Å². The summed E-state index contributed by atoms with van der Waals surface area (Å²) in [6.07, 6.45) is 3.22. The molecule has 0 saturated carbocycles. The number of furan rings is 1. The van der Waals surface area contributed by atoms with Gasteiger partial charge in [0.2, 0.25) is 5.78 Å². The number of carbonyl (C=O) groups excluding carboxylic acids is 2. The van der Waals surface area contributed by atoms with Crippen molar-refractivity contribution in [1.29, 1.82) is 0 Å². The molecule has 3 aromatic rings. The number of piperidine rings is 1. The topological polar surface area (TPSA) is 63.0 Å². The number of ketones is 1. The minimum Gasteiger partial charge on any atom is -0.422 e. The molecule has 32 heavy (non-hydrogen) atoms. The van der Waals surface area contributed by atoms with Gasteiger partial charge in [-0.1, -0.05) is 30.3 Å². The summed E-state index contributed by atoms with van der Waals surface area (Å²) in [5.74, 6) is -0.241. The average molecular weight is 433 g/mol. The number of anilines is 2. The van der Waals surface area contributed by atoms with E-state index in [1.807, 2.05) is 61.5 Å². The Morgan fingerprint density at radius 3 is 2.19 bits per heavy atom. The highest BCUT2D eigenvalue weighted by Crippen LogP contribution is 2.45. The van der Waals surface area contributed by atoms with Crippen molar-refractivity contribution in [3.05, 3.63) is 65.7 Å². The molecule has 4 rings (SSSR count). The Balaban J connectivity index is 1.91. The van der Waals surface area contributed by atoms with Crippen LogP contribution in [0.5, 0.6) is 5.95 Å². The van der Waals surface area contributed by atoms with E-state index in [1.165, 1.54) is 6.92 Å². The fraction of sp³-hybridized carbons (Fsp3) is 0.308. The first-order valence-corrected chi connectivity index (χ1v) is 10.9. The number of hydrogen-bond donors (Lipinski definition) is 0. The summed E-state index contributed by atoms with van der Waals surface area (Å²) < 4.78 is 11.5. The Hall–Kier alpha value is -3.54. The predicted octanol–water partition coefficient (Wildman–Crippen LogP) is 5.16. The molecule has 0 N–H and O–H groups in total. The largest absolute Gasteiger partial charge is 0.422 e. The molecule has 0 unspecified atom stereocenters. The van der Waals surface area contributed by atoms with E-state index in [1.54, 1.807) is 12.1 Å². The van der Waals surface area contributed by atoms with Gasteiger partial charge in [-0.15, -0.1) is 0 Å². The third-order valence-corrected chi connectivity index (χ3v) is 5.67. The van der Waals surface area contributed by atoms with Crippen molar-refractivity contribution >= 4 is 23.1 Å². The van der Waals surface area contributed by atoms with Gasteiger partial charge >= 0.3 is 11.9 Å². The molecule has 2 heterocycles. The molecule has 0 radical (unpaired) electrons. The molecule has 1 aliphatic heterocycles. The van der Waals surface area contributed by atoms with Crippen LogP contribution in [-0.4, -0.2) is 38.9 Å². The van der Waals surface area contributed by atoms with E-state index in [9.17, 15) is 9.59 Å². The van der Waals surface area contributed by atoms with Gasteiger partial charge in [-0.3, -0.25) is 9.59 Å². The van der Waals surface area contributed by atoms with Gasteiger partial charge in [0.1, 0.15) is 5.56 Å². The van der Waals surface area contributed by atoms with E-state index >= 15 is 0 Å². The van der Waals surface area contributed by atoms with Gasteiger partial charge in [0.25, 0.3) is 0 Å². The van der Waals surface area contributed by atoms with Crippen LogP contribution in [-0.2, 0) is 4.79 Å². The molecule has 0 aliphatic carbocycles.